The molecule has 27 heavy (non-hydrogen) atoms. The molecule has 1 aliphatic heterocycles. The van der Waals surface area contributed by atoms with Crippen LogP contribution in [0, 0.1) is 10.1 Å². The van der Waals surface area contributed by atoms with Gasteiger partial charge in [-0.15, -0.1) is 0 Å². The van der Waals surface area contributed by atoms with Crippen LogP contribution >= 0.6 is 11.3 Å². The third kappa shape index (κ3) is 4.49. The first-order valence-electron chi connectivity index (χ1n) is 8.35. The summed E-state index contributed by atoms with van der Waals surface area (Å²) in [7, 11) is -3.53. The number of nitrogens with zero attached hydrogens (tertiary/aromatic N) is 3. The average molecular weight is 410 g/mol. The fourth-order valence-corrected chi connectivity index (χ4v) is 4.90. The fourth-order valence-electron chi connectivity index (χ4n) is 2.76. The number of Topliss-reactive ketones (excluding diaryl/α,β-unsaturated/α-hetero) is 1. The number of rotatable bonds is 7. The van der Waals surface area contributed by atoms with Gasteiger partial charge >= 0.3 is 5.00 Å². The Kier molecular flexibility index (Phi) is 5.82. The molecule has 1 aliphatic rings. The van der Waals surface area contributed by atoms with Gasteiger partial charge in [-0.05, 0) is 48.4 Å². The van der Waals surface area contributed by atoms with Gasteiger partial charge in [0.15, 0.2) is 10.9 Å². The van der Waals surface area contributed by atoms with E-state index < -0.39 is 14.9 Å². The van der Waals surface area contributed by atoms with E-state index in [1.165, 1.54) is 28.6 Å². The molecule has 0 unspecified atom stereocenters. The number of ketones is 1. The Morgan fingerprint density at radius 3 is 2.48 bits per heavy atom. The number of thiazole rings is 1. The Morgan fingerprint density at radius 2 is 1.89 bits per heavy atom. The van der Waals surface area contributed by atoms with Crippen molar-refractivity contribution in [2.75, 3.05) is 25.0 Å². The summed E-state index contributed by atoms with van der Waals surface area (Å²) in [4.78, 5) is 26.3. The zero-order valence-electron chi connectivity index (χ0n) is 14.3. The molecule has 11 heteroatoms. The van der Waals surface area contributed by atoms with Crippen molar-refractivity contribution in [3.05, 3.63) is 46.1 Å². The zero-order chi connectivity index (χ0) is 19.4. The van der Waals surface area contributed by atoms with E-state index in [0.29, 0.717) is 18.7 Å². The smallest absolute Gasteiger partial charge is 0.345 e. The number of anilines is 1. The van der Waals surface area contributed by atoms with Crippen LogP contribution in [0.4, 0.5) is 10.1 Å². The van der Waals surface area contributed by atoms with Gasteiger partial charge in [0.1, 0.15) is 6.20 Å². The van der Waals surface area contributed by atoms with Crippen molar-refractivity contribution in [3.8, 4) is 0 Å². The number of hydrogen-bond acceptors (Lipinski definition) is 8. The number of benzene rings is 1. The lowest BCUT2D eigenvalue weighted by molar-refractivity contribution is -0.380. The highest BCUT2D eigenvalue weighted by atomic mass is 32.2. The van der Waals surface area contributed by atoms with Crippen LogP contribution in [0.25, 0.3) is 0 Å². The van der Waals surface area contributed by atoms with Crippen molar-refractivity contribution in [2.24, 2.45) is 0 Å². The van der Waals surface area contributed by atoms with Gasteiger partial charge in [-0.25, -0.2) is 13.4 Å². The van der Waals surface area contributed by atoms with Crippen LogP contribution in [-0.2, 0) is 10.0 Å². The molecule has 0 amide bonds. The molecular formula is C16H18N4O5S2. The number of carbonyl (C=O) groups is 1. The highest BCUT2D eigenvalue weighted by Crippen LogP contribution is 2.25. The Labute approximate surface area is 160 Å². The van der Waals surface area contributed by atoms with Crippen molar-refractivity contribution >= 4 is 37.3 Å². The number of sulfonamides is 1. The third-order valence-electron chi connectivity index (χ3n) is 4.20. The zero-order valence-corrected chi connectivity index (χ0v) is 16.0. The van der Waals surface area contributed by atoms with Gasteiger partial charge in [0.2, 0.25) is 10.0 Å². The molecule has 0 saturated carbocycles. The van der Waals surface area contributed by atoms with Gasteiger partial charge in [0, 0.05) is 18.7 Å². The molecule has 0 spiro atoms. The lowest BCUT2D eigenvalue weighted by Crippen LogP contribution is -2.35. The van der Waals surface area contributed by atoms with Crippen LogP contribution in [0.3, 0.4) is 0 Å². The van der Waals surface area contributed by atoms with Gasteiger partial charge in [-0.2, -0.15) is 4.31 Å². The Bertz CT molecular complexity index is 934. The molecule has 1 saturated heterocycles. The number of hydrogen-bond donors (Lipinski definition) is 1. The minimum atomic E-state index is -3.53. The van der Waals surface area contributed by atoms with Crippen LogP contribution in [0.2, 0.25) is 0 Å². The minimum absolute atomic E-state index is 0.0944. The van der Waals surface area contributed by atoms with Crippen LogP contribution in [-0.4, -0.2) is 48.0 Å². The highest BCUT2D eigenvalue weighted by molar-refractivity contribution is 7.89. The first-order chi connectivity index (χ1) is 12.9. The SMILES string of the molecule is O=C(CNc1ncc([N+](=O)[O-])s1)c1ccc(S(=O)(=O)N2CCCCC2)cc1. The summed E-state index contributed by atoms with van der Waals surface area (Å²) in [5, 5.41) is 13.5. The van der Waals surface area contributed by atoms with Crippen LogP contribution < -0.4 is 5.32 Å². The third-order valence-corrected chi connectivity index (χ3v) is 7.02. The van der Waals surface area contributed by atoms with Gasteiger partial charge in [0.25, 0.3) is 0 Å². The maximum absolute atomic E-state index is 12.6. The van der Waals surface area contributed by atoms with Gasteiger partial charge in [0.05, 0.1) is 16.4 Å². The molecule has 3 rings (SSSR count). The number of nitrogens with one attached hydrogen (secondary N) is 1. The van der Waals surface area contributed by atoms with E-state index >= 15 is 0 Å². The van der Waals surface area contributed by atoms with E-state index in [1.54, 1.807) is 0 Å². The van der Waals surface area contributed by atoms with Crippen LogP contribution in [0.5, 0.6) is 0 Å². The Hall–Kier alpha value is -2.37. The summed E-state index contributed by atoms with van der Waals surface area (Å²) in [5.74, 6) is -0.269. The first kappa shape index (κ1) is 19.4. The molecule has 1 fully saturated rings. The van der Waals surface area contributed by atoms with Crippen LogP contribution in [0.1, 0.15) is 29.6 Å². The van der Waals surface area contributed by atoms with E-state index in [1.807, 2.05) is 0 Å². The molecule has 1 N–H and O–H groups in total. The number of nitro groups is 1. The van der Waals surface area contributed by atoms with Crippen molar-refractivity contribution in [2.45, 2.75) is 24.2 Å². The fraction of sp³-hybridized carbons (Fsp3) is 0.375. The molecule has 2 aromatic rings. The van der Waals surface area contributed by atoms with Gasteiger partial charge < -0.3 is 5.32 Å². The van der Waals surface area contributed by atoms with E-state index in [0.717, 1.165) is 36.8 Å². The standard InChI is InChI=1S/C16H18N4O5S2/c21-14(10-17-16-18-11-15(26-16)20(22)23)12-4-6-13(7-5-12)27(24,25)19-8-2-1-3-9-19/h4-7,11H,1-3,8-10H2,(H,17,18). The molecule has 1 aromatic carbocycles. The van der Waals surface area contributed by atoms with Crippen molar-refractivity contribution in [3.63, 3.8) is 0 Å². The summed E-state index contributed by atoms with van der Waals surface area (Å²) >= 11 is 0.841. The molecule has 0 bridgehead atoms. The normalized spacial score (nSPS) is 15.4. The number of carbonyl (C=O) groups excluding carboxylic acids is 1. The van der Waals surface area contributed by atoms with E-state index in [-0.39, 0.29) is 27.4 Å². The summed E-state index contributed by atoms with van der Waals surface area (Å²) in [6.45, 7) is 0.947. The molecule has 144 valence electrons. The molecular weight excluding hydrogens is 392 g/mol. The van der Waals surface area contributed by atoms with Gasteiger partial charge in [-0.1, -0.05) is 6.42 Å². The lowest BCUT2D eigenvalue weighted by atomic mass is 10.1. The summed E-state index contributed by atoms with van der Waals surface area (Å²) in [6.07, 6.45) is 3.87. The molecule has 0 atom stereocenters. The minimum Gasteiger partial charge on any atom is -0.354 e. The molecule has 0 aliphatic carbocycles. The molecule has 2 heterocycles. The second-order valence-corrected chi connectivity index (χ2v) is 8.97. The second kappa shape index (κ2) is 8.11. The maximum atomic E-state index is 12.6. The van der Waals surface area contributed by atoms with Crippen LogP contribution in [0.15, 0.2) is 35.4 Å². The van der Waals surface area contributed by atoms with Gasteiger partial charge in [-0.3, -0.25) is 14.9 Å². The van der Waals surface area contributed by atoms with E-state index in [2.05, 4.69) is 10.3 Å². The summed E-state index contributed by atoms with van der Waals surface area (Å²) in [5.41, 5.74) is 0.353. The van der Waals surface area contributed by atoms with Crippen molar-refractivity contribution in [1.82, 2.24) is 9.29 Å². The largest absolute Gasteiger partial charge is 0.354 e. The van der Waals surface area contributed by atoms with Crippen molar-refractivity contribution in [1.29, 1.82) is 0 Å². The summed E-state index contributed by atoms with van der Waals surface area (Å²) < 4.78 is 26.7. The summed E-state index contributed by atoms with van der Waals surface area (Å²) in [6, 6.07) is 5.83. The monoisotopic (exact) mass is 410 g/mol. The second-order valence-electron chi connectivity index (χ2n) is 6.03. The van der Waals surface area contributed by atoms with Crippen molar-refractivity contribution < 1.29 is 18.1 Å². The van der Waals surface area contributed by atoms with E-state index in [4.69, 9.17) is 0 Å². The quantitative estimate of drug-likeness (QED) is 0.423. The maximum Gasteiger partial charge on any atom is 0.345 e. The Morgan fingerprint density at radius 1 is 1.22 bits per heavy atom. The predicted octanol–water partition coefficient (Wildman–Crippen LogP) is 2.52. The predicted molar refractivity (Wildman–Crippen MR) is 101 cm³/mol. The topological polar surface area (TPSA) is 123 Å². The lowest BCUT2D eigenvalue weighted by Gasteiger charge is -2.25. The molecule has 1 aromatic heterocycles. The average Bonchev–Trinajstić information content (AvgIpc) is 3.16. The number of aromatic nitrogens is 1. The highest BCUT2D eigenvalue weighted by Gasteiger charge is 2.25. The molecule has 9 nitrogen and oxygen atoms in total. The first-order valence-corrected chi connectivity index (χ1v) is 10.6. The number of piperidine rings is 1. The molecule has 0 radical (unpaired) electrons. The van der Waals surface area contributed by atoms with E-state index in [9.17, 15) is 23.3 Å². The Balaban J connectivity index is 1.63.